The molecule has 0 saturated heterocycles. The minimum absolute atomic E-state index is 0.279. The molecular formula is C15H32N2O. The summed E-state index contributed by atoms with van der Waals surface area (Å²) < 4.78 is 0. The first kappa shape index (κ1) is 15.9. The maximum absolute atomic E-state index is 10.1. The maximum atomic E-state index is 10.1. The van der Waals surface area contributed by atoms with Crippen LogP contribution in [0.5, 0.6) is 0 Å². The van der Waals surface area contributed by atoms with Crippen molar-refractivity contribution in [1.29, 1.82) is 0 Å². The molecule has 1 fully saturated rings. The topological polar surface area (TPSA) is 35.5 Å². The Morgan fingerprint density at radius 2 is 2.11 bits per heavy atom. The van der Waals surface area contributed by atoms with Crippen molar-refractivity contribution in [2.75, 3.05) is 27.2 Å². The van der Waals surface area contributed by atoms with E-state index in [0.717, 1.165) is 18.9 Å². The average molecular weight is 256 g/mol. The molecule has 0 aromatic carbocycles. The third-order valence-corrected chi connectivity index (χ3v) is 4.74. The fourth-order valence-corrected chi connectivity index (χ4v) is 3.05. The highest BCUT2D eigenvalue weighted by molar-refractivity contribution is 4.95. The fourth-order valence-electron chi connectivity index (χ4n) is 3.05. The van der Waals surface area contributed by atoms with E-state index in [4.69, 9.17) is 0 Å². The van der Waals surface area contributed by atoms with Gasteiger partial charge in [-0.15, -0.1) is 0 Å². The molecule has 3 unspecified atom stereocenters. The lowest BCUT2D eigenvalue weighted by Gasteiger charge is -2.46. The molecule has 3 nitrogen and oxygen atoms in total. The maximum Gasteiger partial charge on any atom is 0.0741 e. The van der Waals surface area contributed by atoms with Gasteiger partial charge in [0.2, 0.25) is 0 Å². The summed E-state index contributed by atoms with van der Waals surface area (Å²) in [7, 11) is 4.38. The SMILES string of the molecule is CCC(C)(O)CNCC1(N(C)C)CCCC(C)C1. The van der Waals surface area contributed by atoms with Crippen LogP contribution in [0.2, 0.25) is 0 Å². The van der Waals surface area contributed by atoms with Crippen molar-refractivity contribution in [2.24, 2.45) is 5.92 Å². The molecule has 0 spiro atoms. The van der Waals surface area contributed by atoms with E-state index in [-0.39, 0.29) is 5.54 Å². The second kappa shape index (κ2) is 6.36. The summed E-state index contributed by atoms with van der Waals surface area (Å²) in [5.41, 5.74) is -0.296. The molecule has 0 aromatic heterocycles. The number of likely N-dealkylation sites (N-methyl/N-ethyl adjacent to an activating group) is 1. The zero-order valence-corrected chi connectivity index (χ0v) is 12.9. The van der Waals surface area contributed by atoms with E-state index in [9.17, 15) is 5.11 Å². The molecule has 0 heterocycles. The van der Waals surface area contributed by atoms with Crippen molar-refractivity contribution < 1.29 is 5.11 Å². The Morgan fingerprint density at radius 1 is 1.44 bits per heavy atom. The molecule has 1 saturated carbocycles. The third-order valence-electron chi connectivity index (χ3n) is 4.74. The van der Waals surface area contributed by atoms with Crippen LogP contribution < -0.4 is 5.32 Å². The summed E-state index contributed by atoms with van der Waals surface area (Å²) in [5, 5.41) is 13.5. The standard InChI is InChI=1S/C15H32N2O/c1-6-14(3,18)11-16-12-15(17(4)5)9-7-8-13(2)10-15/h13,16,18H,6-12H2,1-5H3. The molecule has 1 rings (SSSR count). The Morgan fingerprint density at radius 3 is 2.61 bits per heavy atom. The van der Waals surface area contributed by atoms with Gasteiger partial charge in [0.05, 0.1) is 5.60 Å². The van der Waals surface area contributed by atoms with Gasteiger partial charge in [0.1, 0.15) is 0 Å². The van der Waals surface area contributed by atoms with Gasteiger partial charge in [-0.05, 0) is 46.2 Å². The predicted octanol–water partition coefficient (Wildman–Crippen LogP) is 2.25. The summed E-state index contributed by atoms with van der Waals surface area (Å²) in [4.78, 5) is 2.39. The minimum atomic E-state index is -0.576. The number of nitrogens with zero attached hydrogens (tertiary/aromatic N) is 1. The van der Waals surface area contributed by atoms with Crippen LogP contribution in [0.3, 0.4) is 0 Å². The quantitative estimate of drug-likeness (QED) is 0.765. The Balaban J connectivity index is 2.53. The van der Waals surface area contributed by atoms with Crippen molar-refractivity contribution >= 4 is 0 Å². The van der Waals surface area contributed by atoms with Crippen molar-refractivity contribution in [3.8, 4) is 0 Å². The monoisotopic (exact) mass is 256 g/mol. The molecule has 18 heavy (non-hydrogen) atoms. The molecule has 0 radical (unpaired) electrons. The largest absolute Gasteiger partial charge is 0.389 e. The number of rotatable bonds is 6. The van der Waals surface area contributed by atoms with Crippen LogP contribution in [-0.4, -0.2) is 48.3 Å². The summed E-state index contributed by atoms with van der Waals surface area (Å²) in [6, 6.07) is 0. The van der Waals surface area contributed by atoms with Crippen molar-refractivity contribution in [3.63, 3.8) is 0 Å². The molecule has 3 heteroatoms. The van der Waals surface area contributed by atoms with Gasteiger partial charge in [-0.25, -0.2) is 0 Å². The smallest absolute Gasteiger partial charge is 0.0741 e. The molecule has 0 aromatic rings. The van der Waals surface area contributed by atoms with Gasteiger partial charge in [-0.3, -0.25) is 0 Å². The van der Waals surface area contributed by atoms with Crippen LogP contribution >= 0.6 is 0 Å². The molecule has 3 atom stereocenters. The van der Waals surface area contributed by atoms with E-state index in [2.05, 4.69) is 31.2 Å². The van der Waals surface area contributed by atoms with E-state index < -0.39 is 5.60 Å². The van der Waals surface area contributed by atoms with Gasteiger partial charge in [-0.2, -0.15) is 0 Å². The van der Waals surface area contributed by atoms with E-state index in [1.54, 1.807) is 0 Å². The summed E-state index contributed by atoms with van der Waals surface area (Å²) >= 11 is 0. The first-order valence-electron chi connectivity index (χ1n) is 7.42. The Labute approximate surface area is 113 Å². The highest BCUT2D eigenvalue weighted by Gasteiger charge is 2.36. The highest BCUT2D eigenvalue weighted by Crippen LogP contribution is 2.35. The van der Waals surface area contributed by atoms with Gasteiger partial charge >= 0.3 is 0 Å². The van der Waals surface area contributed by atoms with Crippen LogP contribution in [0, 0.1) is 5.92 Å². The second-order valence-electron chi connectivity index (χ2n) is 6.77. The summed E-state index contributed by atoms with van der Waals surface area (Å²) in [6.07, 6.45) is 6.02. The Bertz CT molecular complexity index is 253. The zero-order chi connectivity index (χ0) is 13.8. The van der Waals surface area contributed by atoms with Gasteiger partial charge in [0, 0.05) is 18.6 Å². The van der Waals surface area contributed by atoms with Crippen LogP contribution in [0.4, 0.5) is 0 Å². The van der Waals surface area contributed by atoms with Crippen LogP contribution in [-0.2, 0) is 0 Å². The molecule has 1 aliphatic rings. The van der Waals surface area contributed by atoms with E-state index in [1.807, 2.05) is 13.8 Å². The predicted molar refractivity (Wildman–Crippen MR) is 77.8 cm³/mol. The second-order valence-corrected chi connectivity index (χ2v) is 6.77. The Hall–Kier alpha value is -0.120. The number of hydrogen-bond acceptors (Lipinski definition) is 3. The summed E-state index contributed by atoms with van der Waals surface area (Å²) in [5.74, 6) is 0.814. The molecule has 0 aliphatic heterocycles. The lowest BCUT2D eigenvalue weighted by Crippen LogP contribution is -2.55. The molecule has 0 bridgehead atoms. The van der Waals surface area contributed by atoms with Gasteiger partial charge < -0.3 is 15.3 Å². The lowest BCUT2D eigenvalue weighted by atomic mass is 9.75. The van der Waals surface area contributed by atoms with E-state index >= 15 is 0 Å². The fraction of sp³-hybridized carbons (Fsp3) is 1.00. The Kier molecular flexibility index (Phi) is 5.63. The molecular weight excluding hydrogens is 224 g/mol. The normalized spacial score (nSPS) is 32.5. The van der Waals surface area contributed by atoms with Crippen LogP contribution in [0.25, 0.3) is 0 Å². The van der Waals surface area contributed by atoms with Gasteiger partial charge in [0.25, 0.3) is 0 Å². The van der Waals surface area contributed by atoms with Crippen molar-refractivity contribution in [1.82, 2.24) is 10.2 Å². The van der Waals surface area contributed by atoms with E-state index in [1.165, 1.54) is 25.7 Å². The van der Waals surface area contributed by atoms with E-state index in [0.29, 0.717) is 6.54 Å². The molecule has 108 valence electrons. The number of hydrogen-bond donors (Lipinski definition) is 2. The van der Waals surface area contributed by atoms with Crippen LogP contribution in [0.1, 0.15) is 52.9 Å². The van der Waals surface area contributed by atoms with Crippen molar-refractivity contribution in [3.05, 3.63) is 0 Å². The van der Waals surface area contributed by atoms with Crippen LogP contribution in [0.15, 0.2) is 0 Å². The lowest BCUT2D eigenvalue weighted by molar-refractivity contribution is 0.0388. The van der Waals surface area contributed by atoms with Gasteiger partial charge in [0.15, 0.2) is 0 Å². The number of nitrogens with one attached hydrogen (secondary N) is 1. The zero-order valence-electron chi connectivity index (χ0n) is 12.9. The third kappa shape index (κ3) is 4.22. The minimum Gasteiger partial charge on any atom is -0.389 e. The molecule has 1 aliphatic carbocycles. The molecule has 2 N–H and O–H groups in total. The first-order valence-corrected chi connectivity index (χ1v) is 7.42. The average Bonchev–Trinajstić information content (AvgIpc) is 2.28. The number of aliphatic hydroxyl groups is 1. The van der Waals surface area contributed by atoms with Gasteiger partial charge in [-0.1, -0.05) is 26.7 Å². The van der Waals surface area contributed by atoms with Crippen molar-refractivity contribution in [2.45, 2.75) is 64.0 Å². The highest BCUT2D eigenvalue weighted by atomic mass is 16.3. The molecule has 0 amide bonds. The summed E-state index contributed by atoms with van der Waals surface area (Å²) in [6.45, 7) is 7.98. The first-order chi connectivity index (χ1) is 8.31.